The molecule has 0 unspecified atom stereocenters. The van der Waals surface area contributed by atoms with Crippen LogP contribution in [0.4, 0.5) is 0 Å². The molecule has 15 heavy (non-hydrogen) atoms. The van der Waals surface area contributed by atoms with Crippen molar-refractivity contribution in [3.8, 4) is 0 Å². The van der Waals surface area contributed by atoms with E-state index in [1.165, 1.54) is 12.8 Å². The van der Waals surface area contributed by atoms with E-state index < -0.39 is 5.91 Å². The maximum Gasteiger partial charge on any atom is 0.287 e. The Morgan fingerprint density at radius 2 is 2.53 bits per heavy atom. The van der Waals surface area contributed by atoms with Crippen molar-refractivity contribution < 1.29 is 9.32 Å². The monoisotopic (exact) mass is 210 g/mol. The lowest BCUT2D eigenvalue weighted by Crippen LogP contribution is -2.30. The molecule has 6 heteroatoms. The number of nitrogens with zero attached hydrogens (tertiary/aromatic N) is 2. The van der Waals surface area contributed by atoms with E-state index in [1.807, 2.05) is 12.5 Å². The number of aromatic nitrogens is 1. The van der Waals surface area contributed by atoms with Crippen LogP contribution in [0, 0.1) is 0 Å². The molecular weight excluding hydrogens is 196 g/mol. The van der Waals surface area contributed by atoms with Crippen LogP contribution in [-0.2, 0) is 6.54 Å². The van der Waals surface area contributed by atoms with Crippen molar-refractivity contribution in [3.05, 3.63) is 17.5 Å². The van der Waals surface area contributed by atoms with Crippen molar-refractivity contribution in [2.75, 3.05) is 7.05 Å². The predicted octanol–water partition coefficient (Wildman–Crippen LogP) is -0.128. The van der Waals surface area contributed by atoms with Gasteiger partial charge in [0.15, 0.2) is 11.5 Å². The first-order valence-electron chi connectivity index (χ1n) is 4.87. The molecule has 0 aromatic carbocycles. The Bertz CT molecular complexity index is 359. The summed E-state index contributed by atoms with van der Waals surface area (Å²) in [7, 11) is 2.03. The Morgan fingerprint density at radius 3 is 3.13 bits per heavy atom. The fraction of sp³-hybridized carbons (Fsp3) is 0.556. The fourth-order valence-corrected chi connectivity index (χ4v) is 1.46. The summed E-state index contributed by atoms with van der Waals surface area (Å²) in [4.78, 5) is 13.3. The highest BCUT2D eigenvalue weighted by molar-refractivity contribution is 5.91. The number of carbonyl (C=O) groups excluding carboxylic acids is 1. The van der Waals surface area contributed by atoms with Gasteiger partial charge in [0, 0.05) is 12.1 Å². The molecular formula is C9H14N4O2. The molecule has 0 spiro atoms. The molecule has 82 valence electrons. The molecule has 1 saturated carbocycles. The van der Waals surface area contributed by atoms with Crippen LogP contribution in [-0.4, -0.2) is 29.1 Å². The molecule has 1 aliphatic rings. The van der Waals surface area contributed by atoms with Crippen LogP contribution >= 0.6 is 0 Å². The molecule has 0 bridgehead atoms. The van der Waals surface area contributed by atoms with Gasteiger partial charge in [-0.1, -0.05) is 5.16 Å². The number of hydrazine groups is 1. The first-order chi connectivity index (χ1) is 7.20. The zero-order chi connectivity index (χ0) is 10.8. The third-order valence-electron chi connectivity index (χ3n) is 2.50. The molecule has 0 atom stereocenters. The van der Waals surface area contributed by atoms with Crippen LogP contribution in [0.1, 0.15) is 29.1 Å². The minimum absolute atomic E-state index is 0.219. The van der Waals surface area contributed by atoms with Crippen LogP contribution in [0.25, 0.3) is 0 Å². The number of nitrogens with one attached hydrogen (secondary N) is 1. The topological polar surface area (TPSA) is 84.4 Å². The lowest BCUT2D eigenvalue weighted by Gasteiger charge is -2.12. The summed E-state index contributed by atoms with van der Waals surface area (Å²) in [5.74, 6) is 5.23. The zero-order valence-electron chi connectivity index (χ0n) is 8.56. The van der Waals surface area contributed by atoms with Crippen molar-refractivity contribution in [2.24, 2.45) is 5.84 Å². The van der Waals surface area contributed by atoms with Gasteiger partial charge in [-0.05, 0) is 19.9 Å². The van der Waals surface area contributed by atoms with Crippen LogP contribution in [0.5, 0.6) is 0 Å². The van der Waals surface area contributed by atoms with E-state index in [-0.39, 0.29) is 5.69 Å². The molecule has 0 radical (unpaired) electrons. The van der Waals surface area contributed by atoms with Crippen LogP contribution < -0.4 is 11.3 Å². The first-order valence-corrected chi connectivity index (χ1v) is 4.87. The molecule has 3 N–H and O–H groups in total. The molecule has 6 nitrogen and oxygen atoms in total. The Labute approximate surface area is 87.4 Å². The minimum atomic E-state index is -0.431. The number of nitrogens with two attached hydrogens (primary N) is 1. The van der Waals surface area contributed by atoms with E-state index in [9.17, 15) is 4.79 Å². The average molecular weight is 210 g/mol. The molecule has 1 aliphatic carbocycles. The zero-order valence-corrected chi connectivity index (χ0v) is 8.56. The Kier molecular flexibility index (Phi) is 2.70. The van der Waals surface area contributed by atoms with Crippen molar-refractivity contribution in [2.45, 2.75) is 25.4 Å². The average Bonchev–Trinajstić information content (AvgIpc) is 2.99. The van der Waals surface area contributed by atoms with Gasteiger partial charge in [0.1, 0.15) is 0 Å². The minimum Gasteiger partial charge on any atom is -0.359 e. The summed E-state index contributed by atoms with van der Waals surface area (Å²) in [6, 6.07) is 2.27. The van der Waals surface area contributed by atoms with E-state index in [0.717, 1.165) is 0 Å². The van der Waals surface area contributed by atoms with Gasteiger partial charge in [0.25, 0.3) is 5.91 Å². The Morgan fingerprint density at radius 1 is 1.80 bits per heavy atom. The molecule has 1 heterocycles. The van der Waals surface area contributed by atoms with Crippen LogP contribution in [0.2, 0.25) is 0 Å². The third-order valence-corrected chi connectivity index (χ3v) is 2.50. The number of rotatable bonds is 4. The SMILES string of the molecule is CN(Cc1cc(C(=O)NN)no1)C1CC1. The van der Waals surface area contributed by atoms with E-state index in [2.05, 4.69) is 10.1 Å². The van der Waals surface area contributed by atoms with Crippen molar-refractivity contribution >= 4 is 5.91 Å². The second kappa shape index (κ2) is 4.00. The molecule has 1 amide bonds. The van der Waals surface area contributed by atoms with Gasteiger partial charge in [-0.25, -0.2) is 5.84 Å². The highest BCUT2D eigenvalue weighted by Gasteiger charge is 2.27. The molecule has 1 aromatic heterocycles. The normalized spacial score (nSPS) is 15.7. The van der Waals surface area contributed by atoms with E-state index in [0.29, 0.717) is 18.3 Å². The lowest BCUT2D eigenvalue weighted by molar-refractivity contribution is 0.0944. The van der Waals surface area contributed by atoms with Crippen molar-refractivity contribution in [3.63, 3.8) is 0 Å². The second-order valence-corrected chi connectivity index (χ2v) is 3.80. The summed E-state index contributed by atoms with van der Waals surface area (Å²) >= 11 is 0. The standard InChI is InChI=1S/C9H14N4O2/c1-13(6-2-3-6)5-7-4-8(12-15-7)9(14)11-10/h4,6H,2-3,5,10H2,1H3,(H,11,14). The molecule has 2 rings (SSSR count). The first kappa shape index (κ1) is 10.1. The number of hydrogen-bond acceptors (Lipinski definition) is 5. The highest BCUT2D eigenvalue weighted by atomic mass is 16.5. The van der Waals surface area contributed by atoms with E-state index in [4.69, 9.17) is 10.4 Å². The third kappa shape index (κ3) is 2.34. The summed E-state index contributed by atoms with van der Waals surface area (Å²) in [6.45, 7) is 0.676. The van der Waals surface area contributed by atoms with Gasteiger partial charge in [0.05, 0.1) is 6.54 Å². The van der Waals surface area contributed by atoms with Crippen LogP contribution in [0.3, 0.4) is 0 Å². The summed E-state index contributed by atoms with van der Waals surface area (Å²) in [6.07, 6.45) is 2.47. The summed E-state index contributed by atoms with van der Waals surface area (Å²) in [5, 5.41) is 3.63. The van der Waals surface area contributed by atoms with Crippen LogP contribution in [0.15, 0.2) is 10.6 Å². The Balaban J connectivity index is 1.97. The van der Waals surface area contributed by atoms with Gasteiger partial charge < -0.3 is 4.52 Å². The fourth-order valence-electron chi connectivity index (χ4n) is 1.46. The smallest absolute Gasteiger partial charge is 0.287 e. The van der Waals surface area contributed by atoms with Gasteiger partial charge in [-0.3, -0.25) is 15.1 Å². The maximum absolute atomic E-state index is 11.1. The maximum atomic E-state index is 11.1. The van der Waals surface area contributed by atoms with Gasteiger partial charge in [-0.2, -0.15) is 0 Å². The second-order valence-electron chi connectivity index (χ2n) is 3.80. The van der Waals surface area contributed by atoms with Crippen molar-refractivity contribution in [1.29, 1.82) is 0 Å². The molecule has 1 fully saturated rings. The largest absolute Gasteiger partial charge is 0.359 e. The van der Waals surface area contributed by atoms with Gasteiger partial charge in [0.2, 0.25) is 0 Å². The molecule has 0 saturated heterocycles. The van der Waals surface area contributed by atoms with E-state index in [1.54, 1.807) is 6.07 Å². The van der Waals surface area contributed by atoms with Gasteiger partial charge >= 0.3 is 0 Å². The summed E-state index contributed by atoms with van der Waals surface area (Å²) < 4.78 is 5.03. The number of hydrogen-bond donors (Lipinski definition) is 2. The summed E-state index contributed by atoms with van der Waals surface area (Å²) in [5.41, 5.74) is 2.23. The highest BCUT2D eigenvalue weighted by Crippen LogP contribution is 2.26. The predicted molar refractivity (Wildman–Crippen MR) is 52.6 cm³/mol. The number of amides is 1. The quantitative estimate of drug-likeness (QED) is 0.411. The number of carbonyl (C=O) groups is 1. The van der Waals surface area contributed by atoms with E-state index >= 15 is 0 Å². The number of nitrogen functional groups attached to an aromatic ring is 1. The molecule has 1 aromatic rings. The van der Waals surface area contributed by atoms with Gasteiger partial charge in [-0.15, -0.1) is 0 Å². The Hall–Kier alpha value is -1.40. The lowest BCUT2D eigenvalue weighted by atomic mass is 10.3. The molecule has 0 aliphatic heterocycles. The van der Waals surface area contributed by atoms with Crippen molar-refractivity contribution in [1.82, 2.24) is 15.5 Å².